The Labute approximate surface area is 213 Å². The number of carbonyl (C=O) groups excluding carboxylic acids is 3. The highest BCUT2D eigenvalue weighted by molar-refractivity contribution is 6.35. The number of hydrogen-bond acceptors (Lipinski definition) is 6. The van der Waals surface area contributed by atoms with Gasteiger partial charge in [0.2, 0.25) is 17.7 Å². The number of phenols is 2. The van der Waals surface area contributed by atoms with E-state index < -0.39 is 23.4 Å². The molecule has 2 saturated heterocycles. The van der Waals surface area contributed by atoms with Gasteiger partial charge in [-0.2, -0.15) is 0 Å². The van der Waals surface area contributed by atoms with E-state index in [2.05, 4.69) is 10.6 Å². The Morgan fingerprint density at radius 1 is 1.03 bits per heavy atom. The fourth-order valence-electron chi connectivity index (χ4n) is 6.84. The summed E-state index contributed by atoms with van der Waals surface area (Å²) < 4.78 is 0. The van der Waals surface area contributed by atoms with E-state index in [0.717, 1.165) is 37.7 Å². The molecule has 1 spiro atoms. The van der Waals surface area contributed by atoms with Crippen molar-refractivity contribution in [3.63, 3.8) is 0 Å². The van der Waals surface area contributed by atoms with E-state index in [0.29, 0.717) is 21.8 Å². The van der Waals surface area contributed by atoms with E-state index in [1.165, 1.54) is 17.0 Å². The van der Waals surface area contributed by atoms with E-state index in [4.69, 9.17) is 11.6 Å². The number of nitrogens with zero attached hydrogens (tertiary/aromatic N) is 1. The summed E-state index contributed by atoms with van der Waals surface area (Å²) in [5.74, 6) is -3.08. The van der Waals surface area contributed by atoms with Crippen LogP contribution in [0.25, 0.3) is 0 Å². The summed E-state index contributed by atoms with van der Waals surface area (Å²) in [6, 6.07) is 7.44. The second-order valence-corrected chi connectivity index (χ2v) is 11.0. The van der Waals surface area contributed by atoms with Gasteiger partial charge >= 0.3 is 0 Å². The van der Waals surface area contributed by atoms with Crippen LogP contribution in [0.2, 0.25) is 5.02 Å². The number of phenolic OH excluding ortho intramolecular Hbond substituents is 2. The van der Waals surface area contributed by atoms with Crippen LogP contribution >= 0.6 is 11.6 Å². The topological polar surface area (TPSA) is 119 Å². The number of benzene rings is 2. The molecule has 2 aromatic carbocycles. The lowest BCUT2D eigenvalue weighted by atomic mass is 9.76. The van der Waals surface area contributed by atoms with E-state index in [1.54, 1.807) is 12.1 Å². The number of imide groups is 1. The van der Waals surface area contributed by atoms with Crippen LogP contribution in [0, 0.1) is 18.8 Å². The van der Waals surface area contributed by atoms with Crippen molar-refractivity contribution in [1.82, 2.24) is 10.2 Å². The Morgan fingerprint density at radius 3 is 2.50 bits per heavy atom. The van der Waals surface area contributed by atoms with Crippen LogP contribution < -0.4 is 10.6 Å². The fourth-order valence-corrected chi connectivity index (χ4v) is 7.16. The number of halogens is 1. The van der Waals surface area contributed by atoms with Gasteiger partial charge in [-0.25, -0.2) is 0 Å². The predicted octanol–water partition coefficient (Wildman–Crippen LogP) is 3.36. The molecule has 4 atom stereocenters. The van der Waals surface area contributed by atoms with Crippen molar-refractivity contribution in [2.24, 2.45) is 11.8 Å². The largest absolute Gasteiger partial charge is 0.504 e. The average molecular weight is 510 g/mol. The molecule has 1 saturated carbocycles. The van der Waals surface area contributed by atoms with Crippen molar-refractivity contribution in [1.29, 1.82) is 0 Å². The van der Waals surface area contributed by atoms with Gasteiger partial charge in [0.15, 0.2) is 11.5 Å². The van der Waals surface area contributed by atoms with Crippen LogP contribution in [-0.4, -0.2) is 44.9 Å². The number of anilines is 1. The molecule has 4 aliphatic rings. The summed E-state index contributed by atoms with van der Waals surface area (Å²) in [7, 11) is 0. The summed E-state index contributed by atoms with van der Waals surface area (Å²) in [6.45, 7) is 1.88. The van der Waals surface area contributed by atoms with Crippen LogP contribution in [0.4, 0.5) is 5.69 Å². The Morgan fingerprint density at radius 2 is 1.78 bits per heavy atom. The summed E-state index contributed by atoms with van der Waals surface area (Å²) in [5.41, 5.74) is 1.17. The number of amides is 3. The average Bonchev–Trinajstić information content (AvgIpc) is 3.42. The molecule has 1 aliphatic carbocycles. The lowest BCUT2D eigenvalue weighted by molar-refractivity contribution is -0.146. The second kappa shape index (κ2) is 8.21. The van der Waals surface area contributed by atoms with Gasteiger partial charge in [-0.1, -0.05) is 43.0 Å². The molecule has 4 N–H and O–H groups in total. The predicted molar refractivity (Wildman–Crippen MR) is 133 cm³/mol. The second-order valence-electron chi connectivity index (χ2n) is 10.6. The van der Waals surface area contributed by atoms with Crippen LogP contribution in [0.1, 0.15) is 48.8 Å². The lowest BCUT2D eigenvalue weighted by Crippen LogP contribution is -2.54. The van der Waals surface area contributed by atoms with Crippen LogP contribution in [0.5, 0.6) is 11.5 Å². The van der Waals surface area contributed by atoms with Crippen molar-refractivity contribution in [2.45, 2.75) is 63.1 Å². The monoisotopic (exact) mass is 509 g/mol. The van der Waals surface area contributed by atoms with Gasteiger partial charge < -0.3 is 15.5 Å². The normalized spacial score (nSPS) is 29.7. The van der Waals surface area contributed by atoms with Crippen LogP contribution in [0.3, 0.4) is 0 Å². The van der Waals surface area contributed by atoms with E-state index >= 15 is 0 Å². The standard InChI is InChI=1S/C27H28ClN3O5/c1-13-9-16-23(17(28)10-13)29-26(36)27(16)22-21(18(30-27)11-14-7-8-19(32)20(33)12-14)24(34)31(25(22)35)15-5-3-2-4-6-15/h7-10,12,15,18,21-22,30,32-33H,2-6,11H2,1H3,(H,29,36)/t18-,21+,22-,27+/m0/s1. The molecule has 9 heteroatoms. The Kier molecular flexibility index (Phi) is 5.32. The molecule has 0 unspecified atom stereocenters. The zero-order valence-corrected chi connectivity index (χ0v) is 20.6. The summed E-state index contributed by atoms with van der Waals surface area (Å²) in [6.07, 6.45) is 4.87. The number of hydrogen-bond donors (Lipinski definition) is 4. The molecule has 6 rings (SSSR count). The molecule has 8 nitrogen and oxygen atoms in total. The van der Waals surface area contributed by atoms with Gasteiger partial charge in [-0.05, 0) is 55.5 Å². The van der Waals surface area contributed by atoms with Gasteiger partial charge in [0.1, 0.15) is 5.54 Å². The maximum atomic E-state index is 14.1. The first-order valence-electron chi connectivity index (χ1n) is 12.5. The van der Waals surface area contributed by atoms with Crippen LogP contribution in [-0.2, 0) is 26.3 Å². The first-order valence-corrected chi connectivity index (χ1v) is 12.9. The minimum Gasteiger partial charge on any atom is -0.504 e. The van der Waals surface area contributed by atoms with Gasteiger partial charge in [0, 0.05) is 17.6 Å². The number of aromatic hydroxyl groups is 2. The molecule has 0 aromatic heterocycles. The van der Waals surface area contributed by atoms with Crippen LogP contribution in [0.15, 0.2) is 30.3 Å². The SMILES string of the molecule is Cc1cc(Cl)c2c(c1)[C@]1(N[C@@H](Cc3ccc(O)c(O)c3)[C@H]3C(=O)N(C4CCCCC4)C(=O)[C@H]31)C(=O)N2. The van der Waals surface area contributed by atoms with E-state index in [9.17, 15) is 24.6 Å². The first kappa shape index (κ1) is 23.3. The van der Waals surface area contributed by atoms with Gasteiger partial charge in [-0.15, -0.1) is 0 Å². The molecular weight excluding hydrogens is 482 g/mol. The number of fused-ring (bicyclic) bond motifs is 4. The summed E-state index contributed by atoms with van der Waals surface area (Å²) in [4.78, 5) is 43.1. The minimum atomic E-state index is -1.42. The summed E-state index contributed by atoms with van der Waals surface area (Å²) in [5, 5.41) is 26.4. The van der Waals surface area contributed by atoms with E-state index in [1.807, 2.05) is 13.0 Å². The summed E-state index contributed by atoms with van der Waals surface area (Å²) >= 11 is 6.50. The van der Waals surface area contributed by atoms with Crippen molar-refractivity contribution >= 4 is 35.0 Å². The lowest BCUT2D eigenvalue weighted by Gasteiger charge is -2.34. The Bertz CT molecular complexity index is 1310. The molecule has 0 radical (unpaired) electrons. The third-order valence-electron chi connectivity index (χ3n) is 8.39. The van der Waals surface area contributed by atoms with Gasteiger partial charge in [0.25, 0.3) is 0 Å². The quantitative estimate of drug-likeness (QED) is 0.372. The molecule has 2 aromatic rings. The highest BCUT2D eigenvalue weighted by Gasteiger charge is 2.71. The molecule has 3 heterocycles. The van der Waals surface area contributed by atoms with Crippen molar-refractivity contribution in [2.75, 3.05) is 5.32 Å². The zero-order chi connectivity index (χ0) is 25.4. The van der Waals surface area contributed by atoms with Crippen molar-refractivity contribution < 1.29 is 24.6 Å². The van der Waals surface area contributed by atoms with Crippen molar-refractivity contribution in [3.8, 4) is 11.5 Å². The first-order chi connectivity index (χ1) is 17.2. The highest BCUT2D eigenvalue weighted by Crippen LogP contribution is 2.55. The zero-order valence-electron chi connectivity index (χ0n) is 19.9. The number of rotatable bonds is 3. The molecule has 36 heavy (non-hydrogen) atoms. The molecule has 0 bridgehead atoms. The van der Waals surface area contributed by atoms with Crippen molar-refractivity contribution in [3.05, 3.63) is 52.0 Å². The van der Waals surface area contributed by atoms with E-state index in [-0.39, 0.29) is 41.7 Å². The molecule has 3 amide bonds. The van der Waals surface area contributed by atoms with Gasteiger partial charge in [0.05, 0.1) is 22.5 Å². The van der Waals surface area contributed by atoms with Gasteiger partial charge in [-0.3, -0.25) is 24.6 Å². The number of likely N-dealkylation sites (tertiary alicyclic amines) is 1. The molecule has 188 valence electrons. The molecule has 3 fully saturated rings. The molecule has 3 aliphatic heterocycles. The fraction of sp³-hybridized carbons (Fsp3) is 0.444. The molecular formula is C27H28ClN3O5. The Hall–Kier alpha value is -3.10. The highest BCUT2D eigenvalue weighted by atomic mass is 35.5. The third kappa shape index (κ3) is 3.20. The third-order valence-corrected chi connectivity index (χ3v) is 8.69. The number of carbonyl (C=O) groups is 3. The number of aryl methyl sites for hydroxylation is 1. The minimum absolute atomic E-state index is 0.148. The number of nitrogens with one attached hydrogen (secondary N) is 2. The smallest absolute Gasteiger partial charge is 0.250 e. The maximum Gasteiger partial charge on any atom is 0.250 e. The Balaban J connectivity index is 1.48. The maximum absolute atomic E-state index is 14.1.